The molecule has 1 fully saturated rings. The monoisotopic (exact) mass is 306 g/mol. The van der Waals surface area contributed by atoms with Crippen LogP contribution in [0.25, 0.3) is 0 Å². The molecule has 0 radical (unpaired) electrons. The predicted octanol–water partition coefficient (Wildman–Crippen LogP) is 0.165. The molecule has 0 unspecified atom stereocenters. The second-order valence-corrected chi connectivity index (χ2v) is 4.94. The van der Waals surface area contributed by atoms with Gasteiger partial charge in [0.05, 0.1) is 0 Å². The molecule has 0 aliphatic carbocycles. The molecule has 1 saturated heterocycles. The van der Waals surface area contributed by atoms with Crippen molar-refractivity contribution < 1.29 is 24.2 Å². The lowest BCUT2D eigenvalue weighted by molar-refractivity contribution is -0.151. The van der Waals surface area contributed by atoms with Crippen molar-refractivity contribution in [2.75, 3.05) is 13.1 Å². The van der Waals surface area contributed by atoms with Crippen molar-refractivity contribution in [2.24, 2.45) is 0 Å². The van der Waals surface area contributed by atoms with E-state index >= 15 is 0 Å². The SMILES string of the molecule is O=C(NCCNC(=O)[C@@H]1CC[C@H](C(=O)O)O1)c1ccccc1. The predicted molar refractivity (Wildman–Crippen MR) is 77.3 cm³/mol. The highest BCUT2D eigenvalue weighted by Crippen LogP contribution is 2.19. The Balaban J connectivity index is 1.66. The number of carboxylic acid groups (broad SMARTS) is 1. The standard InChI is InChI=1S/C15H18N2O5/c18-13(10-4-2-1-3-5-10)16-8-9-17-14(19)11-6-7-12(22-11)15(20)21/h1-5,11-12H,6-9H2,(H,16,18)(H,17,19)(H,20,21)/t11-,12+/m0/s1. The largest absolute Gasteiger partial charge is 0.479 e. The number of amides is 2. The van der Waals surface area contributed by atoms with Crippen LogP contribution in [0.5, 0.6) is 0 Å². The number of rotatable bonds is 6. The molecule has 2 amide bonds. The lowest BCUT2D eigenvalue weighted by atomic mass is 10.2. The molecule has 1 heterocycles. The number of carbonyl (C=O) groups is 3. The highest BCUT2D eigenvalue weighted by molar-refractivity contribution is 5.94. The van der Waals surface area contributed by atoms with Gasteiger partial charge in [-0.05, 0) is 25.0 Å². The van der Waals surface area contributed by atoms with Crippen LogP contribution in [0.4, 0.5) is 0 Å². The van der Waals surface area contributed by atoms with Gasteiger partial charge in [-0.2, -0.15) is 0 Å². The van der Waals surface area contributed by atoms with Gasteiger partial charge in [0.25, 0.3) is 5.91 Å². The van der Waals surface area contributed by atoms with E-state index < -0.39 is 18.2 Å². The van der Waals surface area contributed by atoms with E-state index in [-0.39, 0.29) is 24.9 Å². The molecule has 2 atom stereocenters. The van der Waals surface area contributed by atoms with Crippen LogP contribution in [0.1, 0.15) is 23.2 Å². The minimum atomic E-state index is -1.05. The maximum Gasteiger partial charge on any atom is 0.332 e. The van der Waals surface area contributed by atoms with E-state index in [2.05, 4.69) is 10.6 Å². The summed E-state index contributed by atoms with van der Waals surface area (Å²) < 4.78 is 5.13. The van der Waals surface area contributed by atoms with Crippen LogP contribution in [0, 0.1) is 0 Å². The van der Waals surface area contributed by atoms with Gasteiger partial charge in [0.2, 0.25) is 5.91 Å². The Morgan fingerprint density at radius 2 is 1.68 bits per heavy atom. The molecule has 0 bridgehead atoms. The zero-order valence-corrected chi connectivity index (χ0v) is 12.0. The topological polar surface area (TPSA) is 105 Å². The number of aliphatic carboxylic acids is 1. The fourth-order valence-corrected chi connectivity index (χ4v) is 2.18. The highest BCUT2D eigenvalue weighted by Gasteiger charge is 2.34. The maximum atomic E-state index is 11.8. The first-order chi connectivity index (χ1) is 10.6. The third-order valence-corrected chi connectivity index (χ3v) is 3.33. The Bertz CT molecular complexity index is 546. The normalized spacial score (nSPS) is 20.4. The van der Waals surface area contributed by atoms with Crippen LogP contribution in [-0.4, -0.2) is 48.2 Å². The number of carboxylic acids is 1. The zero-order chi connectivity index (χ0) is 15.9. The van der Waals surface area contributed by atoms with Crippen molar-refractivity contribution in [3.8, 4) is 0 Å². The first-order valence-electron chi connectivity index (χ1n) is 7.07. The number of benzene rings is 1. The first-order valence-corrected chi connectivity index (χ1v) is 7.07. The second-order valence-electron chi connectivity index (χ2n) is 4.94. The van der Waals surface area contributed by atoms with Crippen molar-refractivity contribution in [1.82, 2.24) is 10.6 Å². The molecular formula is C15H18N2O5. The summed E-state index contributed by atoms with van der Waals surface area (Å²) in [6.45, 7) is 0.545. The van der Waals surface area contributed by atoms with E-state index in [9.17, 15) is 14.4 Å². The fourth-order valence-electron chi connectivity index (χ4n) is 2.18. The Kier molecular flexibility index (Phi) is 5.48. The summed E-state index contributed by atoms with van der Waals surface area (Å²) in [4.78, 5) is 34.3. The highest BCUT2D eigenvalue weighted by atomic mass is 16.5. The van der Waals surface area contributed by atoms with Crippen LogP contribution in [0.15, 0.2) is 30.3 Å². The summed E-state index contributed by atoms with van der Waals surface area (Å²) in [6.07, 6.45) is -0.920. The van der Waals surface area contributed by atoms with Gasteiger partial charge < -0.3 is 20.5 Å². The number of ether oxygens (including phenoxy) is 1. The summed E-state index contributed by atoms with van der Waals surface area (Å²) in [5, 5.41) is 14.1. The molecule has 0 spiro atoms. The number of carbonyl (C=O) groups excluding carboxylic acids is 2. The minimum Gasteiger partial charge on any atom is -0.479 e. The lowest BCUT2D eigenvalue weighted by Gasteiger charge is -2.12. The molecule has 22 heavy (non-hydrogen) atoms. The van der Waals surface area contributed by atoms with E-state index in [4.69, 9.17) is 9.84 Å². The summed E-state index contributed by atoms with van der Waals surface area (Å²) in [5.74, 6) is -1.61. The summed E-state index contributed by atoms with van der Waals surface area (Å²) >= 11 is 0. The fraction of sp³-hybridized carbons (Fsp3) is 0.400. The first kappa shape index (κ1) is 16.0. The molecule has 1 aliphatic heterocycles. The van der Waals surface area contributed by atoms with Gasteiger partial charge in [0.1, 0.15) is 6.10 Å². The van der Waals surface area contributed by atoms with Crippen LogP contribution >= 0.6 is 0 Å². The third kappa shape index (κ3) is 4.29. The van der Waals surface area contributed by atoms with Gasteiger partial charge in [0.15, 0.2) is 6.10 Å². The molecule has 0 aromatic heterocycles. The summed E-state index contributed by atoms with van der Waals surface area (Å²) in [7, 11) is 0. The van der Waals surface area contributed by atoms with Gasteiger partial charge in [0, 0.05) is 18.7 Å². The quantitative estimate of drug-likeness (QED) is 0.650. The Morgan fingerprint density at radius 1 is 1.05 bits per heavy atom. The summed E-state index contributed by atoms with van der Waals surface area (Å²) in [6, 6.07) is 8.77. The molecule has 118 valence electrons. The number of nitrogens with one attached hydrogen (secondary N) is 2. The summed E-state index contributed by atoms with van der Waals surface area (Å²) in [5.41, 5.74) is 0.553. The molecule has 2 rings (SSSR count). The Morgan fingerprint density at radius 3 is 2.32 bits per heavy atom. The zero-order valence-electron chi connectivity index (χ0n) is 12.0. The van der Waals surface area contributed by atoms with Crippen molar-refractivity contribution in [3.05, 3.63) is 35.9 Å². The van der Waals surface area contributed by atoms with E-state index in [1.807, 2.05) is 6.07 Å². The van der Waals surface area contributed by atoms with E-state index in [1.165, 1.54) is 0 Å². The van der Waals surface area contributed by atoms with Crippen molar-refractivity contribution in [1.29, 1.82) is 0 Å². The van der Waals surface area contributed by atoms with Crippen LogP contribution in [-0.2, 0) is 14.3 Å². The van der Waals surface area contributed by atoms with Crippen molar-refractivity contribution in [2.45, 2.75) is 25.0 Å². The van der Waals surface area contributed by atoms with E-state index in [0.29, 0.717) is 18.4 Å². The number of hydrogen-bond acceptors (Lipinski definition) is 4. The molecule has 7 heteroatoms. The van der Waals surface area contributed by atoms with Gasteiger partial charge in [-0.3, -0.25) is 9.59 Å². The van der Waals surface area contributed by atoms with Crippen LogP contribution in [0.3, 0.4) is 0 Å². The van der Waals surface area contributed by atoms with Crippen molar-refractivity contribution in [3.63, 3.8) is 0 Å². The molecular weight excluding hydrogens is 288 g/mol. The van der Waals surface area contributed by atoms with E-state index in [0.717, 1.165) is 0 Å². The van der Waals surface area contributed by atoms with Crippen LogP contribution in [0.2, 0.25) is 0 Å². The molecule has 1 aliphatic rings. The number of hydrogen-bond donors (Lipinski definition) is 3. The third-order valence-electron chi connectivity index (χ3n) is 3.33. The van der Waals surface area contributed by atoms with Gasteiger partial charge in [-0.25, -0.2) is 4.79 Å². The molecule has 3 N–H and O–H groups in total. The lowest BCUT2D eigenvalue weighted by Crippen LogP contribution is -2.40. The van der Waals surface area contributed by atoms with Gasteiger partial charge in [-0.1, -0.05) is 18.2 Å². The molecule has 0 saturated carbocycles. The van der Waals surface area contributed by atoms with Gasteiger partial charge in [-0.15, -0.1) is 0 Å². The van der Waals surface area contributed by atoms with Crippen molar-refractivity contribution >= 4 is 17.8 Å². The van der Waals surface area contributed by atoms with Gasteiger partial charge >= 0.3 is 5.97 Å². The molecule has 1 aromatic rings. The molecule has 7 nitrogen and oxygen atoms in total. The molecule has 1 aromatic carbocycles. The average Bonchev–Trinajstić information content (AvgIpc) is 3.02. The van der Waals surface area contributed by atoms with Crippen LogP contribution < -0.4 is 10.6 Å². The smallest absolute Gasteiger partial charge is 0.332 e. The average molecular weight is 306 g/mol. The van der Waals surface area contributed by atoms with E-state index in [1.54, 1.807) is 24.3 Å². The minimum absolute atomic E-state index is 0.210. The second kappa shape index (κ2) is 7.56. The Labute approximate surface area is 127 Å². The Hall–Kier alpha value is -2.41. The maximum absolute atomic E-state index is 11.8.